The maximum Gasteiger partial charge on any atom is 0.472 e. The van der Waals surface area contributed by atoms with Gasteiger partial charge in [-0.05, 0) is 96.3 Å². The molecule has 0 saturated heterocycles. The molecule has 0 amide bonds. The van der Waals surface area contributed by atoms with Crippen LogP contribution in [-0.4, -0.2) is 49.3 Å². The lowest BCUT2D eigenvalue weighted by molar-refractivity contribution is -0.161. The second-order valence-corrected chi connectivity index (χ2v) is 14.2. The molecule has 310 valence electrons. The Morgan fingerprint density at radius 1 is 0.545 bits per heavy atom. The van der Waals surface area contributed by atoms with Crippen LogP contribution < -0.4 is 5.73 Å². The zero-order valence-electron chi connectivity index (χ0n) is 33.9. The number of rotatable bonds is 36. The third-order valence-corrected chi connectivity index (χ3v) is 8.64. The van der Waals surface area contributed by atoms with E-state index in [1.165, 1.54) is 0 Å². The van der Waals surface area contributed by atoms with E-state index in [4.69, 9.17) is 24.3 Å². The van der Waals surface area contributed by atoms with Gasteiger partial charge in [0.05, 0.1) is 13.2 Å². The van der Waals surface area contributed by atoms with Crippen molar-refractivity contribution in [3.8, 4) is 0 Å². The van der Waals surface area contributed by atoms with Crippen LogP contribution in [0.3, 0.4) is 0 Å². The molecule has 0 saturated carbocycles. The van der Waals surface area contributed by atoms with Crippen LogP contribution in [0.2, 0.25) is 0 Å². The third-order valence-electron chi connectivity index (χ3n) is 7.65. The summed E-state index contributed by atoms with van der Waals surface area (Å²) in [5.41, 5.74) is 5.33. The fraction of sp³-hybridized carbons (Fsp3) is 0.556. The fourth-order valence-electron chi connectivity index (χ4n) is 4.71. The maximum atomic E-state index is 12.5. The standard InChI is InChI=1S/C45H72NO8P/c1-3-5-7-9-11-13-15-17-19-20-21-22-24-25-27-29-31-33-35-37-44(47)51-41-43(42-53-55(49,50)52-40-39-46)54-45(48)38-36-34-32-30-28-26-23-18-16-14-12-10-8-6-4-2/h5-8,11-14,17-19,21-23,25,27-28,30,43H,3-4,9-10,15-16,20,24,26,29,31-42,46H2,1-2H3,(H,49,50). The Morgan fingerprint density at radius 2 is 0.945 bits per heavy atom. The summed E-state index contributed by atoms with van der Waals surface area (Å²) in [4.78, 5) is 34.8. The highest BCUT2D eigenvalue weighted by Crippen LogP contribution is 2.43. The summed E-state index contributed by atoms with van der Waals surface area (Å²) >= 11 is 0. The van der Waals surface area contributed by atoms with Crippen LogP contribution in [-0.2, 0) is 32.7 Å². The Bertz CT molecular complexity index is 1260. The van der Waals surface area contributed by atoms with Gasteiger partial charge in [0.25, 0.3) is 0 Å². The molecule has 0 fully saturated rings. The van der Waals surface area contributed by atoms with Crippen LogP contribution in [0.1, 0.15) is 129 Å². The van der Waals surface area contributed by atoms with E-state index in [1.807, 2.05) is 0 Å². The van der Waals surface area contributed by atoms with Crippen molar-refractivity contribution in [2.24, 2.45) is 5.73 Å². The summed E-state index contributed by atoms with van der Waals surface area (Å²) in [5, 5.41) is 0. The lowest BCUT2D eigenvalue weighted by atomic mass is 10.1. The molecular formula is C45H72NO8P. The molecule has 3 N–H and O–H groups in total. The fourth-order valence-corrected chi connectivity index (χ4v) is 5.47. The lowest BCUT2D eigenvalue weighted by Gasteiger charge is -2.19. The van der Waals surface area contributed by atoms with Gasteiger partial charge < -0.3 is 20.1 Å². The van der Waals surface area contributed by atoms with Gasteiger partial charge in [0.15, 0.2) is 6.10 Å². The van der Waals surface area contributed by atoms with Crippen LogP contribution in [0.15, 0.2) is 109 Å². The number of unbranched alkanes of at least 4 members (excludes halogenated alkanes) is 5. The number of ether oxygens (including phenoxy) is 2. The van der Waals surface area contributed by atoms with Crippen LogP contribution >= 0.6 is 7.82 Å². The number of nitrogens with two attached hydrogens (primary N) is 1. The Labute approximate surface area is 333 Å². The second-order valence-electron chi connectivity index (χ2n) is 12.7. The summed E-state index contributed by atoms with van der Waals surface area (Å²) in [6.07, 6.45) is 52.7. The Hall–Kier alpha value is -3.33. The first-order chi connectivity index (χ1) is 26.8. The van der Waals surface area contributed by atoms with Crippen LogP contribution in [0, 0.1) is 0 Å². The van der Waals surface area contributed by atoms with E-state index in [0.29, 0.717) is 12.8 Å². The van der Waals surface area contributed by atoms with E-state index in [0.717, 1.165) is 89.9 Å². The molecule has 2 atom stereocenters. The van der Waals surface area contributed by atoms with E-state index in [2.05, 4.69) is 123 Å². The molecule has 55 heavy (non-hydrogen) atoms. The monoisotopic (exact) mass is 785 g/mol. The Balaban J connectivity index is 4.34. The summed E-state index contributed by atoms with van der Waals surface area (Å²) in [6.45, 7) is 3.37. The Kier molecular flexibility index (Phi) is 37.9. The number of hydrogen-bond donors (Lipinski definition) is 2. The summed E-state index contributed by atoms with van der Waals surface area (Å²) in [7, 11) is -4.40. The number of esters is 2. The van der Waals surface area contributed by atoms with Gasteiger partial charge >= 0.3 is 19.8 Å². The van der Waals surface area contributed by atoms with Gasteiger partial charge in [-0.15, -0.1) is 0 Å². The Morgan fingerprint density at radius 3 is 1.40 bits per heavy atom. The van der Waals surface area contributed by atoms with Crippen LogP contribution in [0.4, 0.5) is 0 Å². The topological polar surface area (TPSA) is 134 Å². The van der Waals surface area contributed by atoms with Crippen molar-refractivity contribution in [1.29, 1.82) is 0 Å². The molecule has 0 aromatic heterocycles. The average molecular weight is 786 g/mol. The van der Waals surface area contributed by atoms with Crippen molar-refractivity contribution < 1.29 is 37.6 Å². The highest BCUT2D eigenvalue weighted by molar-refractivity contribution is 7.47. The summed E-state index contributed by atoms with van der Waals surface area (Å²) in [6, 6.07) is 0. The number of hydrogen-bond acceptors (Lipinski definition) is 8. The number of carbonyl (C=O) groups excluding carboxylic acids is 2. The first-order valence-corrected chi connectivity index (χ1v) is 21.9. The van der Waals surface area contributed by atoms with Crippen LogP contribution in [0.5, 0.6) is 0 Å². The number of phosphoric acid groups is 1. The molecule has 0 aliphatic carbocycles. The molecular weight excluding hydrogens is 713 g/mol. The minimum Gasteiger partial charge on any atom is -0.462 e. The molecule has 0 aliphatic heterocycles. The molecule has 2 unspecified atom stereocenters. The first kappa shape index (κ1) is 51.7. The molecule has 0 aliphatic rings. The highest BCUT2D eigenvalue weighted by Gasteiger charge is 2.25. The van der Waals surface area contributed by atoms with Crippen molar-refractivity contribution in [3.05, 3.63) is 109 Å². The molecule has 0 spiro atoms. The molecule has 0 rings (SSSR count). The summed E-state index contributed by atoms with van der Waals surface area (Å²) < 4.78 is 32.6. The SMILES string of the molecule is CCC=CCC=CCC=CCC=CCC=CCCCCCC(=O)OCC(COP(=O)(O)OCCN)OC(=O)CCCCC=CCC=CCC=CCC=CCC. The number of carbonyl (C=O) groups is 2. The van der Waals surface area contributed by atoms with Crippen molar-refractivity contribution >= 4 is 19.8 Å². The van der Waals surface area contributed by atoms with Crippen molar-refractivity contribution in [2.45, 2.75) is 136 Å². The van der Waals surface area contributed by atoms with E-state index >= 15 is 0 Å². The van der Waals surface area contributed by atoms with E-state index in [9.17, 15) is 19.0 Å². The average Bonchev–Trinajstić information content (AvgIpc) is 3.17. The van der Waals surface area contributed by atoms with Crippen LogP contribution in [0.25, 0.3) is 0 Å². The molecule has 0 heterocycles. The normalized spacial score (nSPS) is 14.5. The first-order valence-electron chi connectivity index (χ1n) is 20.4. The zero-order chi connectivity index (χ0) is 40.3. The maximum absolute atomic E-state index is 12.5. The smallest absolute Gasteiger partial charge is 0.462 e. The van der Waals surface area contributed by atoms with Crippen molar-refractivity contribution in [2.75, 3.05) is 26.4 Å². The van der Waals surface area contributed by atoms with Crippen molar-refractivity contribution in [1.82, 2.24) is 0 Å². The molecule has 0 aromatic carbocycles. The van der Waals surface area contributed by atoms with E-state index in [-0.39, 0.29) is 32.6 Å². The minimum atomic E-state index is -4.40. The van der Waals surface area contributed by atoms with Gasteiger partial charge in [-0.2, -0.15) is 0 Å². The highest BCUT2D eigenvalue weighted by atomic mass is 31.2. The van der Waals surface area contributed by atoms with Gasteiger partial charge in [-0.1, -0.05) is 130 Å². The number of phosphoric ester groups is 1. The van der Waals surface area contributed by atoms with E-state index < -0.39 is 32.5 Å². The molecule has 10 heteroatoms. The molecule has 0 radical (unpaired) electrons. The third kappa shape index (κ3) is 40.2. The van der Waals surface area contributed by atoms with Gasteiger partial charge in [-0.25, -0.2) is 4.57 Å². The van der Waals surface area contributed by atoms with Gasteiger partial charge in [0.2, 0.25) is 0 Å². The van der Waals surface area contributed by atoms with Gasteiger partial charge in [0.1, 0.15) is 6.61 Å². The predicted octanol–water partition coefficient (Wildman–Crippen LogP) is 11.6. The van der Waals surface area contributed by atoms with Crippen molar-refractivity contribution in [3.63, 3.8) is 0 Å². The molecule has 0 aromatic rings. The zero-order valence-corrected chi connectivity index (χ0v) is 34.7. The lowest BCUT2D eigenvalue weighted by Crippen LogP contribution is -2.29. The molecule has 9 nitrogen and oxygen atoms in total. The summed E-state index contributed by atoms with van der Waals surface area (Å²) in [5.74, 6) is -0.930. The quantitative estimate of drug-likeness (QED) is 0.0275. The second kappa shape index (κ2) is 40.3. The minimum absolute atomic E-state index is 0.0349. The van der Waals surface area contributed by atoms with Gasteiger partial charge in [-0.3, -0.25) is 18.6 Å². The van der Waals surface area contributed by atoms with Gasteiger partial charge in [0, 0.05) is 19.4 Å². The molecule has 0 bridgehead atoms. The van der Waals surface area contributed by atoms with E-state index in [1.54, 1.807) is 0 Å². The predicted molar refractivity (Wildman–Crippen MR) is 228 cm³/mol. The number of allylic oxidation sites excluding steroid dienone is 18. The largest absolute Gasteiger partial charge is 0.472 e.